The van der Waals surface area contributed by atoms with Crippen molar-refractivity contribution in [1.82, 2.24) is 10.2 Å². The molecule has 2 aliphatic rings. The Morgan fingerprint density at radius 2 is 2.04 bits per heavy atom. The third-order valence-corrected chi connectivity index (χ3v) is 5.80. The van der Waals surface area contributed by atoms with Crippen molar-refractivity contribution < 1.29 is 24.2 Å². The van der Waals surface area contributed by atoms with Crippen LogP contribution in [0.2, 0.25) is 0 Å². The number of hydrogen-bond acceptors (Lipinski definition) is 5. The van der Waals surface area contributed by atoms with Crippen LogP contribution >= 0.6 is 0 Å². The highest BCUT2D eigenvalue weighted by Crippen LogP contribution is 2.36. The maximum absolute atomic E-state index is 12.9. The van der Waals surface area contributed by atoms with Crippen molar-refractivity contribution >= 4 is 17.7 Å². The Bertz CT molecular complexity index is 759. The quantitative estimate of drug-likeness (QED) is 0.553. The van der Waals surface area contributed by atoms with Crippen LogP contribution < -0.4 is 10.1 Å². The van der Waals surface area contributed by atoms with Crippen molar-refractivity contribution in [1.29, 1.82) is 0 Å². The molecule has 0 aromatic heterocycles. The molecular formula is C21H28N2O5. The lowest BCUT2D eigenvalue weighted by Gasteiger charge is -2.34. The van der Waals surface area contributed by atoms with Gasteiger partial charge in [-0.2, -0.15) is 0 Å². The van der Waals surface area contributed by atoms with E-state index >= 15 is 0 Å². The molecule has 1 heterocycles. The highest BCUT2D eigenvalue weighted by molar-refractivity contribution is 6.07. The summed E-state index contributed by atoms with van der Waals surface area (Å²) in [6.45, 7) is 3.05. The maximum Gasteiger partial charge on any atom is 0.325 e. The van der Waals surface area contributed by atoms with Crippen LogP contribution in [-0.4, -0.2) is 52.5 Å². The van der Waals surface area contributed by atoms with Crippen LogP contribution in [0.5, 0.6) is 5.75 Å². The van der Waals surface area contributed by atoms with Gasteiger partial charge in [-0.25, -0.2) is 4.79 Å². The van der Waals surface area contributed by atoms with Gasteiger partial charge >= 0.3 is 6.03 Å². The van der Waals surface area contributed by atoms with E-state index in [2.05, 4.69) is 5.32 Å². The van der Waals surface area contributed by atoms with Crippen LogP contribution in [0.25, 0.3) is 0 Å². The number of ether oxygens (including phenoxy) is 1. The van der Waals surface area contributed by atoms with E-state index in [9.17, 15) is 19.5 Å². The van der Waals surface area contributed by atoms with Gasteiger partial charge in [-0.15, -0.1) is 0 Å². The Hall–Kier alpha value is -2.41. The Labute approximate surface area is 165 Å². The number of imide groups is 1. The van der Waals surface area contributed by atoms with Gasteiger partial charge in [0.1, 0.15) is 24.0 Å². The summed E-state index contributed by atoms with van der Waals surface area (Å²) in [5.74, 6) is 0.232. The largest absolute Gasteiger partial charge is 0.491 e. The van der Waals surface area contributed by atoms with Crippen molar-refractivity contribution in [2.75, 3.05) is 13.2 Å². The van der Waals surface area contributed by atoms with Crippen molar-refractivity contribution in [2.24, 2.45) is 5.92 Å². The van der Waals surface area contributed by atoms with Crippen molar-refractivity contribution in [3.05, 3.63) is 29.8 Å². The molecule has 1 saturated heterocycles. The minimum absolute atomic E-state index is 0.0765. The average Bonchev–Trinajstić information content (AvgIpc) is 2.91. The van der Waals surface area contributed by atoms with Crippen LogP contribution in [0.15, 0.2) is 24.3 Å². The Morgan fingerprint density at radius 1 is 1.32 bits per heavy atom. The van der Waals surface area contributed by atoms with Crippen LogP contribution in [0.4, 0.5) is 4.79 Å². The molecule has 0 bridgehead atoms. The van der Waals surface area contributed by atoms with Gasteiger partial charge in [0.05, 0.1) is 6.54 Å². The van der Waals surface area contributed by atoms with Crippen molar-refractivity contribution in [3.63, 3.8) is 0 Å². The zero-order chi connectivity index (χ0) is 20.3. The molecule has 7 nitrogen and oxygen atoms in total. The number of nitrogens with one attached hydrogen (secondary N) is 1. The van der Waals surface area contributed by atoms with Crippen LogP contribution in [0.3, 0.4) is 0 Å². The van der Waals surface area contributed by atoms with Gasteiger partial charge in [0.15, 0.2) is 5.78 Å². The number of Topliss-reactive ketones (excluding diaryl/α,β-unsaturated/α-hetero) is 1. The minimum atomic E-state index is -1.02. The van der Waals surface area contributed by atoms with E-state index in [1.807, 2.05) is 0 Å². The van der Waals surface area contributed by atoms with Crippen LogP contribution in [0, 0.1) is 5.92 Å². The summed E-state index contributed by atoms with van der Waals surface area (Å²) >= 11 is 0. The number of aliphatic hydroxyl groups is 1. The zero-order valence-electron chi connectivity index (χ0n) is 16.4. The van der Waals surface area contributed by atoms with E-state index in [1.54, 1.807) is 31.2 Å². The zero-order valence-corrected chi connectivity index (χ0v) is 16.4. The van der Waals surface area contributed by atoms with E-state index < -0.39 is 17.7 Å². The van der Waals surface area contributed by atoms with Crippen molar-refractivity contribution in [2.45, 2.75) is 57.6 Å². The summed E-state index contributed by atoms with van der Waals surface area (Å²) in [4.78, 5) is 37.8. The monoisotopic (exact) mass is 388 g/mol. The van der Waals surface area contributed by atoms with Gasteiger partial charge in [-0.3, -0.25) is 14.5 Å². The normalized spacial score (nSPS) is 24.2. The molecule has 0 unspecified atom stereocenters. The summed E-state index contributed by atoms with van der Waals surface area (Å²) in [6.07, 6.45) is 4.13. The summed E-state index contributed by atoms with van der Waals surface area (Å²) in [7, 11) is 0. The number of carbonyl (C=O) groups excluding carboxylic acids is 3. The number of urea groups is 1. The van der Waals surface area contributed by atoms with Gasteiger partial charge in [0.2, 0.25) is 0 Å². The fraction of sp³-hybridized carbons (Fsp3) is 0.571. The summed E-state index contributed by atoms with van der Waals surface area (Å²) in [5, 5.41) is 13.1. The first-order chi connectivity index (χ1) is 13.3. The van der Waals surface area contributed by atoms with Crippen molar-refractivity contribution in [3.8, 4) is 5.75 Å². The van der Waals surface area contributed by atoms with E-state index in [0.29, 0.717) is 11.3 Å². The number of rotatable bonds is 7. The topological polar surface area (TPSA) is 95.9 Å². The van der Waals surface area contributed by atoms with Gasteiger partial charge in [-0.1, -0.05) is 31.4 Å². The summed E-state index contributed by atoms with van der Waals surface area (Å²) in [6, 6.07) is 6.21. The average molecular weight is 388 g/mol. The number of ketones is 1. The molecule has 1 aliphatic heterocycles. The number of hydrogen-bond donors (Lipinski definition) is 2. The SMILES string of the molecule is CC(=O)c1cccc(OC[C@@H](O)CN2C(=O)N[C@](C)(C3CCCCC3)C2=O)c1. The molecule has 2 atom stereocenters. The number of β-amino-alcohol motifs (C(OH)–C–C–N with tert-alkyl or cyclic N) is 1. The fourth-order valence-corrected chi connectivity index (χ4v) is 4.10. The molecule has 3 amide bonds. The van der Waals surface area contributed by atoms with E-state index in [1.165, 1.54) is 13.3 Å². The molecule has 1 saturated carbocycles. The lowest BCUT2D eigenvalue weighted by Crippen LogP contribution is -2.51. The van der Waals surface area contributed by atoms with E-state index in [0.717, 1.165) is 30.6 Å². The molecule has 7 heteroatoms. The highest BCUT2D eigenvalue weighted by atomic mass is 16.5. The van der Waals surface area contributed by atoms with E-state index in [-0.39, 0.29) is 30.8 Å². The van der Waals surface area contributed by atoms with Gasteiger partial charge in [0.25, 0.3) is 5.91 Å². The first kappa shape index (κ1) is 20.3. The smallest absolute Gasteiger partial charge is 0.325 e. The third-order valence-electron chi connectivity index (χ3n) is 5.80. The second-order valence-corrected chi connectivity index (χ2v) is 7.93. The van der Waals surface area contributed by atoms with Gasteiger partial charge in [-0.05, 0) is 44.7 Å². The third kappa shape index (κ3) is 4.19. The molecule has 0 spiro atoms. The predicted octanol–water partition coefficient (Wildman–Crippen LogP) is 2.52. The van der Waals surface area contributed by atoms with Crippen LogP contribution in [0.1, 0.15) is 56.3 Å². The van der Waals surface area contributed by atoms with Gasteiger partial charge < -0.3 is 15.2 Å². The Balaban J connectivity index is 1.58. The lowest BCUT2D eigenvalue weighted by atomic mass is 9.75. The molecule has 2 fully saturated rings. The number of benzene rings is 1. The number of nitrogens with zero attached hydrogens (tertiary/aromatic N) is 1. The first-order valence-electron chi connectivity index (χ1n) is 9.87. The lowest BCUT2D eigenvalue weighted by molar-refractivity contribution is -0.134. The van der Waals surface area contributed by atoms with E-state index in [4.69, 9.17) is 4.74 Å². The second kappa shape index (κ2) is 8.31. The molecule has 1 aromatic rings. The molecule has 3 rings (SSSR count). The molecule has 2 N–H and O–H groups in total. The maximum atomic E-state index is 12.9. The molecule has 1 aliphatic carbocycles. The molecule has 0 radical (unpaired) electrons. The van der Waals surface area contributed by atoms with Gasteiger partial charge in [0, 0.05) is 5.56 Å². The second-order valence-electron chi connectivity index (χ2n) is 7.93. The van der Waals surface area contributed by atoms with Crippen LogP contribution in [-0.2, 0) is 4.79 Å². The molecule has 1 aromatic carbocycles. The Kier molecular flexibility index (Phi) is 6.03. The standard InChI is InChI=1S/C21H28N2O5/c1-14(24)15-7-6-10-18(11-15)28-13-17(25)12-23-19(26)21(2,22-20(23)27)16-8-4-3-5-9-16/h6-7,10-11,16-17,25H,3-5,8-9,12-13H2,1-2H3,(H,22,27)/t17-,21+/m0/s1. The molecular weight excluding hydrogens is 360 g/mol. The summed E-state index contributed by atoms with van der Waals surface area (Å²) < 4.78 is 5.54. The predicted molar refractivity (Wildman–Crippen MR) is 103 cm³/mol. The summed E-state index contributed by atoms with van der Waals surface area (Å²) in [5.41, 5.74) is -0.377. The fourth-order valence-electron chi connectivity index (χ4n) is 4.10. The first-order valence-corrected chi connectivity index (χ1v) is 9.87. The minimum Gasteiger partial charge on any atom is -0.491 e. The highest BCUT2D eigenvalue weighted by Gasteiger charge is 2.52. The number of carbonyl (C=O) groups is 3. The number of aliphatic hydroxyl groups excluding tert-OH is 1. The Morgan fingerprint density at radius 3 is 2.71 bits per heavy atom. The molecule has 152 valence electrons. The molecule has 28 heavy (non-hydrogen) atoms. The number of amides is 3.